The van der Waals surface area contributed by atoms with Crippen LogP contribution in [0.15, 0.2) is 12.2 Å². The first-order chi connectivity index (χ1) is 21.2. The summed E-state index contributed by atoms with van der Waals surface area (Å²) in [4.78, 5) is 10.4. The van der Waals surface area contributed by atoms with Gasteiger partial charge in [-0.15, -0.1) is 0 Å². The van der Waals surface area contributed by atoms with E-state index in [1.165, 1.54) is 193 Å². The number of carboxylic acids is 1. The Balaban J connectivity index is 0. The van der Waals surface area contributed by atoms with Crippen molar-refractivity contribution in [2.75, 3.05) is 6.61 Å². The second-order valence-electron chi connectivity index (χ2n) is 13.2. The fraction of sp³-hybridized carbons (Fsp3) is 0.925. The van der Waals surface area contributed by atoms with Gasteiger partial charge in [0.25, 0.3) is 0 Å². The van der Waals surface area contributed by atoms with Crippen LogP contribution in [0.2, 0.25) is 0 Å². The molecule has 0 rings (SSSR count). The van der Waals surface area contributed by atoms with Gasteiger partial charge in [0.05, 0.1) is 0 Å². The molecule has 0 unspecified atom stereocenters. The highest BCUT2D eigenvalue weighted by Crippen LogP contribution is 2.14. The average molecular weight is 609 g/mol. The SMILES string of the molecule is CCCCCCCCC=CCCCCCCCCCCCC(=O)O.CCCCCCCCCCCCCCCCCCO. The molecule has 43 heavy (non-hydrogen) atoms. The molecule has 3 nitrogen and oxygen atoms in total. The van der Waals surface area contributed by atoms with Gasteiger partial charge >= 0.3 is 5.97 Å². The summed E-state index contributed by atoms with van der Waals surface area (Å²) < 4.78 is 0. The van der Waals surface area contributed by atoms with E-state index in [0.29, 0.717) is 13.0 Å². The quantitative estimate of drug-likeness (QED) is 0.0556. The Labute approximate surface area is 271 Å². The molecule has 0 saturated heterocycles. The summed E-state index contributed by atoms with van der Waals surface area (Å²) in [5.74, 6) is -0.656. The van der Waals surface area contributed by atoms with Gasteiger partial charge in [0.1, 0.15) is 0 Å². The molecular formula is C40H80O3. The minimum atomic E-state index is -0.656. The summed E-state index contributed by atoms with van der Waals surface area (Å²) in [5, 5.41) is 17.2. The van der Waals surface area contributed by atoms with Crippen molar-refractivity contribution in [1.82, 2.24) is 0 Å². The van der Waals surface area contributed by atoms with E-state index >= 15 is 0 Å². The molecule has 0 aromatic carbocycles. The Morgan fingerprint density at radius 1 is 0.395 bits per heavy atom. The molecule has 0 aliphatic heterocycles. The minimum Gasteiger partial charge on any atom is -0.481 e. The maximum absolute atomic E-state index is 10.4. The number of rotatable bonds is 35. The molecule has 0 fully saturated rings. The van der Waals surface area contributed by atoms with E-state index in [2.05, 4.69) is 26.0 Å². The van der Waals surface area contributed by atoms with Crippen molar-refractivity contribution in [3.8, 4) is 0 Å². The summed E-state index contributed by atoms with van der Waals surface area (Å²) in [6.07, 6.45) is 49.3. The second-order valence-corrected chi connectivity index (χ2v) is 13.2. The van der Waals surface area contributed by atoms with E-state index in [9.17, 15) is 4.79 Å². The highest BCUT2D eigenvalue weighted by molar-refractivity contribution is 5.66. The lowest BCUT2D eigenvalue weighted by Gasteiger charge is -2.03. The zero-order valence-electron chi connectivity index (χ0n) is 29.7. The van der Waals surface area contributed by atoms with Gasteiger partial charge in [0.2, 0.25) is 0 Å². The number of aliphatic carboxylic acids is 1. The van der Waals surface area contributed by atoms with Crippen molar-refractivity contribution in [3.05, 3.63) is 12.2 Å². The predicted octanol–water partition coefficient (Wildman–Crippen LogP) is 13.9. The van der Waals surface area contributed by atoms with Crippen LogP contribution >= 0.6 is 0 Å². The predicted molar refractivity (Wildman–Crippen MR) is 192 cm³/mol. The number of hydrogen-bond donors (Lipinski definition) is 2. The summed E-state index contributed by atoms with van der Waals surface area (Å²) >= 11 is 0. The van der Waals surface area contributed by atoms with Crippen molar-refractivity contribution in [2.45, 2.75) is 232 Å². The van der Waals surface area contributed by atoms with Gasteiger partial charge in [-0.05, 0) is 38.5 Å². The molecule has 0 atom stereocenters. The van der Waals surface area contributed by atoms with E-state index in [1.807, 2.05) is 0 Å². The number of aliphatic hydroxyl groups excluding tert-OH is 1. The van der Waals surface area contributed by atoms with Crippen LogP contribution in [-0.2, 0) is 4.79 Å². The molecule has 0 aromatic rings. The molecule has 0 aromatic heterocycles. The van der Waals surface area contributed by atoms with Crippen LogP contribution < -0.4 is 0 Å². The molecule has 258 valence electrons. The lowest BCUT2D eigenvalue weighted by Crippen LogP contribution is -1.93. The van der Waals surface area contributed by atoms with Gasteiger partial charge < -0.3 is 10.2 Å². The van der Waals surface area contributed by atoms with E-state index < -0.39 is 5.97 Å². The number of hydrogen-bond acceptors (Lipinski definition) is 2. The summed E-state index contributed by atoms with van der Waals surface area (Å²) in [5.41, 5.74) is 0. The first-order valence-corrected chi connectivity index (χ1v) is 19.7. The highest BCUT2D eigenvalue weighted by atomic mass is 16.4. The van der Waals surface area contributed by atoms with Crippen LogP contribution in [0, 0.1) is 0 Å². The van der Waals surface area contributed by atoms with Crippen molar-refractivity contribution in [3.63, 3.8) is 0 Å². The fourth-order valence-electron chi connectivity index (χ4n) is 5.71. The Bertz CT molecular complexity index is 500. The zero-order valence-corrected chi connectivity index (χ0v) is 29.7. The minimum absolute atomic E-state index is 0.340. The Hall–Kier alpha value is -0.830. The van der Waals surface area contributed by atoms with Crippen LogP contribution in [0.1, 0.15) is 232 Å². The molecule has 3 heteroatoms. The van der Waals surface area contributed by atoms with Gasteiger partial charge in [0, 0.05) is 13.0 Å². The third kappa shape index (κ3) is 48.3. The van der Waals surface area contributed by atoms with Crippen LogP contribution in [0.25, 0.3) is 0 Å². The zero-order chi connectivity index (χ0) is 31.7. The van der Waals surface area contributed by atoms with Gasteiger partial charge in [-0.25, -0.2) is 0 Å². The van der Waals surface area contributed by atoms with Crippen molar-refractivity contribution >= 4 is 5.97 Å². The standard InChI is InChI=1S/C22H42O2.C18H38O/c1-2-3-4-5-6-7-8-9-10-11-12-13-14-15-16-17-18-19-20-21-22(23)24;1-2-3-4-5-6-7-8-9-10-11-12-13-14-15-16-17-18-19/h9-10H,2-8,11-21H2,1H3,(H,23,24);19H,2-18H2,1H3. The van der Waals surface area contributed by atoms with E-state index in [4.69, 9.17) is 10.2 Å². The van der Waals surface area contributed by atoms with Gasteiger partial charge in [-0.2, -0.15) is 0 Å². The molecular weight excluding hydrogens is 528 g/mol. The Kier molecular flexibility index (Phi) is 44.6. The molecule has 0 spiro atoms. The van der Waals surface area contributed by atoms with E-state index in [-0.39, 0.29) is 0 Å². The molecule has 0 aliphatic rings. The van der Waals surface area contributed by atoms with Crippen LogP contribution in [0.3, 0.4) is 0 Å². The summed E-state index contributed by atoms with van der Waals surface area (Å²) in [7, 11) is 0. The van der Waals surface area contributed by atoms with Crippen molar-refractivity contribution in [1.29, 1.82) is 0 Å². The first kappa shape index (κ1) is 44.3. The van der Waals surface area contributed by atoms with Crippen LogP contribution in [0.5, 0.6) is 0 Å². The first-order valence-electron chi connectivity index (χ1n) is 19.7. The molecule has 0 bridgehead atoms. The highest BCUT2D eigenvalue weighted by Gasteiger charge is 1.97. The molecule has 0 amide bonds. The van der Waals surface area contributed by atoms with Crippen LogP contribution in [-0.4, -0.2) is 22.8 Å². The number of unbranched alkanes of at least 4 members (excludes halogenated alkanes) is 30. The normalized spacial score (nSPS) is 11.2. The number of aliphatic hydroxyl groups is 1. The Morgan fingerprint density at radius 3 is 0.930 bits per heavy atom. The van der Waals surface area contributed by atoms with Crippen molar-refractivity contribution < 1.29 is 15.0 Å². The number of carbonyl (C=O) groups is 1. The third-order valence-electron chi connectivity index (χ3n) is 8.66. The molecule has 0 radical (unpaired) electrons. The van der Waals surface area contributed by atoms with Crippen molar-refractivity contribution in [2.24, 2.45) is 0 Å². The lowest BCUT2D eigenvalue weighted by atomic mass is 10.0. The Morgan fingerprint density at radius 2 is 0.651 bits per heavy atom. The van der Waals surface area contributed by atoms with E-state index in [0.717, 1.165) is 19.3 Å². The maximum atomic E-state index is 10.4. The summed E-state index contributed by atoms with van der Waals surface area (Å²) in [6.45, 7) is 4.93. The van der Waals surface area contributed by atoms with Gasteiger partial charge in [0.15, 0.2) is 0 Å². The molecule has 2 N–H and O–H groups in total. The van der Waals surface area contributed by atoms with Crippen LogP contribution in [0.4, 0.5) is 0 Å². The largest absolute Gasteiger partial charge is 0.481 e. The van der Waals surface area contributed by atoms with Gasteiger partial charge in [-0.3, -0.25) is 4.79 Å². The monoisotopic (exact) mass is 609 g/mol. The number of allylic oxidation sites excluding steroid dienone is 2. The molecule has 0 heterocycles. The third-order valence-corrected chi connectivity index (χ3v) is 8.66. The lowest BCUT2D eigenvalue weighted by molar-refractivity contribution is -0.137. The smallest absolute Gasteiger partial charge is 0.303 e. The second kappa shape index (κ2) is 43.3. The molecule has 0 saturated carbocycles. The average Bonchev–Trinajstić information content (AvgIpc) is 3.00. The van der Waals surface area contributed by atoms with E-state index in [1.54, 1.807) is 0 Å². The summed E-state index contributed by atoms with van der Waals surface area (Å²) in [6, 6.07) is 0. The van der Waals surface area contributed by atoms with Gasteiger partial charge in [-0.1, -0.05) is 199 Å². The fourth-order valence-corrected chi connectivity index (χ4v) is 5.71. The molecule has 0 aliphatic carbocycles. The topological polar surface area (TPSA) is 57.5 Å². The maximum Gasteiger partial charge on any atom is 0.303 e. The number of carboxylic acid groups (broad SMARTS) is 1.